The first-order valence-corrected chi connectivity index (χ1v) is 10.6. The Hall–Kier alpha value is -2.33. The Balaban J connectivity index is 1.39. The van der Waals surface area contributed by atoms with Gasteiger partial charge in [-0.1, -0.05) is 37.8 Å². The number of amides is 1. The van der Waals surface area contributed by atoms with Crippen molar-refractivity contribution in [1.29, 1.82) is 0 Å². The van der Waals surface area contributed by atoms with E-state index in [0.717, 1.165) is 48.9 Å². The molecule has 2 aliphatic rings. The van der Waals surface area contributed by atoms with Gasteiger partial charge < -0.3 is 15.8 Å². The standard InChI is InChI=1S/C24H30N2O2/c25-24(27)21-10-12-23-20(14-21)9-8-19-13-18(7-11-22(19)28-23)16-26-15-17-5-3-1-2-4-6-17/h7,10-14,17,26H,1-6,8-9,15-16H2,(H2,25,27). The molecule has 0 bridgehead atoms. The van der Waals surface area contributed by atoms with E-state index in [1.54, 1.807) is 6.07 Å². The van der Waals surface area contributed by atoms with E-state index in [0.29, 0.717) is 5.56 Å². The molecule has 1 heterocycles. The fraction of sp³-hybridized carbons (Fsp3) is 0.458. The lowest BCUT2D eigenvalue weighted by Gasteiger charge is -2.15. The summed E-state index contributed by atoms with van der Waals surface area (Å²) in [7, 11) is 0. The van der Waals surface area contributed by atoms with Crippen LogP contribution in [0.3, 0.4) is 0 Å². The summed E-state index contributed by atoms with van der Waals surface area (Å²) in [6.07, 6.45) is 10.1. The first-order valence-electron chi connectivity index (χ1n) is 10.6. The summed E-state index contributed by atoms with van der Waals surface area (Å²) in [5.41, 5.74) is 9.53. The number of hydrogen-bond donors (Lipinski definition) is 2. The number of nitrogens with one attached hydrogen (secondary N) is 1. The van der Waals surface area contributed by atoms with Crippen LogP contribution < -0.4 is 15.8 Å². The zero-order valence-electron chi connectivity index (χ0n) is 16.5. The number of nitrogens with two attached hydrogens (primary N) is 1. The SMILES string of the molecule is NC(=O)c1ccc2c(c1)CCc1cc(CNCC3CCCCCC3)ccc1O2. The van der Waals surface area contributed by atoms with Crippen molar-refractivity contribution in [2.75, 3.05) is 6.54 Å². The summed E-state index contributed by atoms with van der Waals surface area (Å²) >= 11 is 0. The first-order chi connectivity index (χ1) is 13.7. The molecule has 1 amide bonds. The van der Waals surface area contributed by atoms with Crippen molar-refractivity contribution in [2.45, 2.75) is 57.9 Å². The molecule has 0 spiro atoms. The van der Waals surface area contributed by atoms with Crippen molar-refractivity contribution in [3.8, 4) is 11.5 Å². The topological polar surface area (TPSA) is 64.4 Å². The molecule has 1 aliphatic carbocycles. The molecule has 1 saturated carbocycles. The zero-order valence-corrected chi connectivity index (χ0v) is 16.5. The summed E-state index contributed by atoms with van der Waals surface area (Å²) in [5, 5.41) is 3.67. The number of carbonyl (C=O) groups is 1. The average Bonchev–Trinajstić information content (AvgIpc) is 3.06. The molecule has 4 heteroatoms. The zero-order chi connectivity index (χ0) is 19.3. The summed E-state index contributed by atoms with van der Waals surface area (Å²) in [4.78, 5) is 11.4. The molecule has 28 heavy (non-hydrogen) atoms. The predicted octanol–water partition coefficient (Wildman–Crippen LogP) is 4.74. The third-order valence-electron chi connectivity index (χ3n) is 6.09. The number of aryl methyl sites for hydroxylation is 2. The number of carbonyl (C=O) groups excluding carboxylic acids is 1. The van der Waals surface area contributed by atoms with Crippen LogP contribution >= 0.6 is 0 Å². The largest absolute Gasteiger partial charge is 0.457 e. The molecular formula is C24H30N2O2. The highest BCUT2D eigenvalue weighted by Gasteiger charge is 2.17. The van der Waals surface area contributed by atoms with Gasteiger partial charge >= 0.3 is 0 Å². The minimum atomic E-state index is -0.397. The molecule has 0 unspecified atom stereocenters. The Kier molecular flexibility index (Phi) is 5.96. The second-order valence-electron chi connectivity index (χ2n) is 8.22. The normalized spacial score (nSPS) is 17.0. The summed E-state index contributed by atoms with van der Waals surface area (Å²) in [6, 6.07) is 11.9. The molecule has 2 aromatic rings. The smallest absolute Gasteiger partial charge is 0.248 e. The second kappa shape index (κ2) is 8.78. The molecule has 4 nitrogen and oxygen atoms in total. The van der Waals surface area contributed by atoms with Gasteiger partial charge in [0.05, 0.1) is 0 Å². The van der Waals surface area contributed by atoms with Gasteiger partial charge in [0, 0.05) is 12.1 Å². The molecule has 1 fully saturated rings. The monoisotopic (exact) mass is 378 g/mol. The van der Waals surface area contributed by atoms with Crippen LogP contribution in [0.15, 0.2) is 36.4 Å². The third-order valence-corrected chi connectivity index (χ3v) is 6.09. The number of ether oxygens (including phenoxy) is 1. The number of primary amides is 1. The molecule has 0 saturated heterocycles. The quantitative estimate of drug-likeness (QED) is 0.739. The van der Waals surface area contributed by atoms with Crippen molar-refractivity contribution in [3.05, 3.63) is 58.7 Å². The van der Waals surface area contributed by atoms with E-state index in [-0.39, 0.29) is 0 Å². The van der Waals surface area contributed by atoms with Crippen LogP contribution in [0.1, 0.15) is 65.6 Å². The lowest BCUT2D eigenvalue weighted by Crippen LogP contribution is -2.22. The maximum atomic E-state index is 11.4. The van der Waals surface area contributed by atoms with Gasteiger partial charge in [-0.3, -0.25) is 4.79 Å². The highest BCUT2D eigenvalue weighted by Crippen LogP contribution is 2.34. The van der Waals surface area contributed by atoms with Gasteiger partial charge in [-0.05, 0) is 79.1 Å². The van der Waals surface area contributed by atoms with E-state index in [1.807, 2.05) is 12.1 Å². The second-order valence-corrected chi connectivity index (χ2v) is 8.22. The van der Waals surface area contributed by atoms with Crippen molar-refractivity contribution in [2.24, 2.45) is 11.7 Å². The van der Waals surface area contributed by atoms with Crippen LogP contribution in [0.4, 0.5) is 0 Å². The molecule has 0 aromatic heterocycles. The number of rotatable bonds is 5. The van der Waals surface area contributed by atoms with Crippen LogP contribution in [0.25, 0.3) is 0 Å². The van der Waals surface area contributed by atoms with E-state index in [9.17, 15) is 4.79 Å². The van der Waals surface area contributed by atoms with Gasteiger partial charge in [-0.25, -0.2) is 0 Å². The van der Waals surface area contributed by atoms with E-state index in [2.05, 4.69) is 23.5 Å². The van der Waals surface area contributed by atoms with Gasteiger partial charge in [0.1, 0.15) is 11.5 Å². The van der Waals surface area contributed by atoms with Crippen LogP contribution in [0, 0.1) is 5.92 Å². The molecule has 2 aromatic carbocycles. The van der Waals surface area contributed by atoms with Gasteiger partial charge in [-0.15, -0.1) is 0 Å². The van der Waals surface area contributed by atoms with Crippen molar-refractivity contribution < 1.29 is 9.53 Å². The van der Waals surface area contributed by atoms with Gasteiger partial charge in [0.15, 0.2) is 0 Å². The van der Waals surface area contributed by atoms with Gasteiger partial charge in [-0.2, -0.15) is 0 Å². The highest BCUT2D eigenvalue weighted by atomic mass is 16.5. The minimum Gasteiger partial charge on any atom is -0.457 e. The van der Waals surface area contributed by atoms with Crippen LogP contribution in [-0.4, -0.2) is 12.5 Å². The van der Waals surface area contributed by atoms with Gasteiger partial charge in [0.2, 0.25) is 5.91 Å². The number of hydrogen-bond acceptors (Lipinski definition) is 3. The van der Waals surface area contributed by atoms with E-state index in [1.165, 1.54) is 49.7 Å². The Labute approximate surface area is 167 Å². The summed E-state index contributed by atoms with van der Waals surface area (Å²) in [5.74, 6) is 2.17. The van der Waals surface area contributed by atoms with Crippen LogP contribution in [-0.2, 0) is 19.4 Å². The lowest BCUT2D eigenvalue weighted by molar-refractivity contribution is 0.1000. The van der Waals surface area contributed by atoms with Crippen LogP contribution in [0.2, 0.25) is 0 Å². The Morgan fingerprint density at radius 3 is 2.36 bits per heavy atom. The fourth-order valence-corrected chi connectivity index (χ4v) is 4.44. The highest BCUT2D eigenvalue weighted by molar-refractivity contribution is 5.93. The average molecular weight is 379 g/mol. The van der Waals surface area contributed by atoms with Crippen molar-refractivity contribution >= 4 is 5.91 Å². The Bertz CT molecular complexity index is 838. The van der Waals surface area contributed by atoms with E-state index in [4.69, 9.17) is 10.5 Å². The third kappa shape index (κ3) is 4.56. The summed E-state index contributed by atoms with van der Waals surface area (Å²) < 4.78 is 6.13. The first kappa shape index (κ1) is 19.0. The van der Waals surface area contributed by atoms with Crippen molar-refractivity contribution in [1.82, 2.24) is 5.32 Å². The maximum absolute atomic E-state index is 11.4. The molecule has 1 aliphatic heterocycles. The molecular weight excluding hydrogens is 348 g/mol. The molecule has 0 atom stereocenters. The summed E-state index contributed by atoms with van der Waals surface area (Å²) in [6.45, 7) is 2.03. The Morgan fingerprint density at radius 2 is 1.64 bits per heavy atom. The van der Waals surface area contributed by atoms with Crippen LogP contribution in [0.5, 0.6) is 11.5 Å². The maximum Gasteiger partial charge on any atom is 0.248 e. The number of benzene rings is 2. The molecule has 0 radical (unpaired) electrons. The lowest BCUT2D eigenvalue weighted by atomic mass is 10.00. The van der Waals surface area contributed by atoms with Crippen molar-refractivity contribution in [3.63, 3.8) is 0 Å². The molecule has 148 valence electrons. The predicted molar refractivity (Wildman–Crippen MR) is 112 cm³/mol. The number of fused-ring (bicyclic) bond motifs is 2. The fourth-order valence-electron chi connectivity index (χ4n) is 4.44. The minimum absolute atomic E-state index is 0.397. The molecule has 3 N–H and O–H groups in total. The van der Waals surface area contributed by atoms with E-state index < -0.39 is 5.91 Å². The Morgan fingerprint density at radius 1 is 0.964 bits per heavy atom. The van der Waals surface area contributed by atoms with E-state index >= 15 is 0 Å². The van der Waals surface area contributed by atoms with Gasteiger partial charge in [0.25, 0.3) is 0 Å². The molecule has 4 rings (SSSR count).